The first kappa shape index (κ1) is 10.8. The van der Waals surface area contributed by atoms with E-state index in [9.17, 15) is 0 Å². The molecule has 98 valence electrons. The summed E-state index contributed by atoms with van der Waals surface area (Å²) >= 11 is 0. The number of fused-ring (bicyclic) bond motifs is 4. The molecule has 5 rings (SSSR count). The van der Waals surface area contributed by atoms with Crippen LogP contribution in [-0.2, 0) is 0 Å². The number of para-hydroxylation sites is 2. The molecule has 0 spiro atoms. The molecule has 2 aromatic carbocycles. The molecule has 2 aromatic heterocycles. The predicted octanol–water partition coefficient (Wildman–Crippen LogP) is 4.56. The van der Waals surface area contributed by atoms with Crippen molar-refractivity contribution in [3.05, 3.63) is 60.8 Å². The molecular formula is C18H10N2O. The topological polar surface area (TPSA) is 35.0 Å². The average molecular weight is 270 g/mol. The van der Waals surface area contributed by atoms with Gasteiger partial charge in [-0.2, -0.15) is 0 Å². The molecule has 4 aromatic rings. The summed E-state index contributed by atoms with van der Waals surface area (Å²) in [6.45, 7) is 0. The van der Waals surface area contributed by atoms with Crippen LogP contribution in [-0.4, -0.2) is 9.97 Å². The van der Waals surface area contributed by atoms with Crippen molar-refractivity contribution in [2.75, 3.05) is 0 Å². The second-order valence-electron chi connectivity index (χ2n) is 5.11. The lowest BCUT2D eigenvalue weighted by Gasteiger charge is -2.20. The molecule has 3 nitrogen and oxygen atoms in total. The number of pyridine rings is 2. The van der Waals surface area contributed by atoms with Gasteiger partial charge in [0.2, 0.25) is 5.88 Å². The molecule has 1 aliphatic heterocycles. The SMILES string of the molecule is c1ccc2c(c1)Oc1nc3ccccc3c3nccc-2c13. The van der Waals surface area contributed by atoms with E-state index in [0.29, 0.717) is 5.88 Å². The van der Waals surface area contributed by atoms with Crippen LogP contribution in [0.15, 0.2) is 60.8 Å². The van der Waals surface area contributed by atoms with Gasteiger partial charge in [-0.1, -0.05) is 36.4 Å². The van der Waals surface area contributed by atoms with Crippen LogP contribution in [0.1, 0.15) is 0 Å². The number of hydrogen-bond acceptors (Lipinski definition) is 3. The van der Waals surface area contributed by atoms with E-state index < -0.39 is 0 Å². The zero-order valence-electron chi connectivity index (χ0n) is 11.1. The third kappa shape index (κ3) is 1.37. The van der Waals surface area contributed by atoms with E-state index in [1.54, 1.807) is 0 Å². The Morgan fingerprint density at radius 2 is 1.67 bits per heavy atom. The van der Waals surface area contributed by atoms with Gasteiger partial charge < -0.3 is 4.74 Å². The minimum absolute atomic E-state index is 0.644. The predicted molar refractivity (Wildman–Crippen MR) is 82.6 cm³/mol. The number of benzene rings is 2. The second kappa shape index (κ2) is 3.79. The summed E-state index contributed by atoms with van der Waals surface area (Å²) in [5, 5.41) is 2.05. The van der Waals surface area contributed by atoms with Gasteiger partial charge in [0.15, 0.2) is 0 Å². The Morgan fingerprint density at radius 1 is 0.810 bits per heavy atom. The van der Waals surface area contributed by atoms with Crippen molar-refractivity contribution in [1.82, 2.24) is 9.97 Å². The molecule has 0 fully saturated rings. The van der Waals surface area contributed by atoms with E-state index in [1.807, 2.05) is 48.7 Å². The molecule has 0 atom stereocenters. The van der Waals surface area contributed by atoms with Crippen molar-refractivity contribution in [3.63, 3.8) is 0 Å². The molecule has 3 heteroatoms. The van der Waals surface area contributed by atoms with Crippen LogP contribution in [0.3, 0.4) is 0 Å². The summed E-state index contributed by atoms with van der Waals surface area (Å²) in [6, 6.07) is 18.1. The lowest BCUT2D eigenvalue weighted by Crippen LogP contribution is -2.00. The molecule has 0 unspecified atom stereocenters. The first-order valence-corrected chi connectivity index (χ1v) is 6.86. The van der Waals surface area contributed by atoms with Gasteiger partial charge in [0.25, 0.3) is 0 Å². The van der Waals surface area contributed by atoms with E-state index in [4.69, 9.17) is 4.74 Å². The molecule has 3 heterocycles. The van der Waals surface area contributed by atoms with Gasteiger partial charge in [0, 0.05) is 22.7 Å². The smallest absolute Gasteiger partial charge is 0.229 e. The highest BCUT2D eigenvalue weighted by Crippen LogP contribution is 2.45. The highest BCUT2D eigenvalue weighted by Gasteiger charge is 2.22. The van der Waals surface area contributed by atoms with Crippen molar-refractivity contribution in [2.45, 2.75) is 0 Å². The molecule has 1 aliphatic rings. The Hall–Kier alpha value is -2.94. The molecule has 0 bridgehead atoms. The largest absolute Gasteiger partial charge is 0.438 e. The molecule has 0 saturated heterocycles. The minimum Gasteiger partial charge on any atom is -0.438 e. The number of aromatic nitrogens is 2. The zero-order chi connectivity index (χ0) is 13.8. The lowest BCUT2D eigenvalue weighted by atomic mass is 9.98. The quantitative estimate of drug-likeness (QED) is 0.387. The Balaban J connectivity index is 2.04. The monoisotopic (exact) mass is 270 g/mol. The van der Waals surface area contributed by atoms with Crippen LogP contribution in [0.5, 0.6) is 11.6 Å². The highest BCUT2D eigenvalue weighted by atomic mass is 16.5. The molecule has 0 radical (unpaired) electrons. The third-order valence-electron chi connectivity index (χ3n) is 3.93. The van der Waals surface area contributed by atoms with Crippen LogP contribution < -0.4 is 4.74 Å². The molecule has 0 aliphatic carbocycles. The van der Waals surface area contributed by atoms with Gasteiger partial charge in [-0.3, -0.25) is 4.98 Å². The number of rotatable bonds is 0. The molecule has 21 heavy (non-hydrogen) atoms. The fourth-order valence-corrected chi connectivity index (χ4v) is 3.00. The summed E-state index contributed by atoms with van der Waals surface area (Å²) in [7, 11) is 0. The fourth-order valence-electron chi connectivity index (χ4n) is 3.00. The Labute approximate surface area is 120 Å². The summed E-state index contributed by atoms with van der Waals surface area (Å²) in [6.07, 6.45) is 1.86. The van der Waals surface area contributed by atoms with Crippen LogP contribution in [0.2, 0.25) is 0 Å². The standard InChI is InChI=1S/C18H10N2O/c1-3-7-14-13(6-1)17-16-12(9-10-19-17)11-5-2-4-8-15(11)21-18(16)20-14/h1-10H. The molecule has 0 amide bonds. The van der Waals surface area contributed by atoms with Crippen molar-refractivity contribution in [3.8, 4) is 22.8 Å². The van der Waals surface area contributed by atoms with Crippen LogP contribution >= 0.6 is 0 Å². The number of nitrogens with zero attached hydrogens (tertiary/aromatic N) is 2. The van der Waals surface area contributed by atoms with Crippen molar-refractivity contribution < 1.29 is 4.74 Å². The Bertz CT molecular complexity index is 1020. The van der Waals surface area contributed by atoms with Gasteiger partial charge in [0.05, 0.1) is 16.4 Å². The van der Waals surface area contributed by atoms with Gasteiger partial charge in [-0.05, 0) is 18.2 Å². The minimum atomic E-state index is 0.644. The van der Waals surface area contributed by atoms with E-state index >= 15 is 0 Å². The van der Waals surface area contributed by atoms with E-state index in [-0.39, 0.29) is 0 Å². The van der Waals surface area contributed by atoms with Crippen molar-refractivity contribution in [1.29, 1.82) is 0 Å². The molecule has 0 N–H and O–H groups in total. The lowest BCUT2D eigenvalue weighted by molar-refractivity contribution is 0.469. The summed E-state index contributed by atoms with van der Waals surface area (Å²) in [5.41, 5.74) is 4.08. The maximum absolute atomic E-state index is 6.01. The molecular weight excluding hydrogens is 260 g/mol. The van der Waals surface area contributed by atoms with Crippen LogP contribution in [0, 0.1) is 0 Å². The Morgan fingerprint density at radius 3 is 2.67 bits per heavy atom. The maximum Gasteiger partial charge on any atom is 0.229 e. The summed E-state index contributed by atoms with van der Waals surface area (Å²) in [5.74, 6) is 1.49. The maximum atomic E-state index is 6.01. The zero-order valence-corrected chi connectivity index (χ0v) is 11.1. The van der Waals surface area contributed by atoms with Gasteiger partial charge in [-0.15, -0.1) is 0 Å². The average Bonchev–Trinajstić information content (AvgIpc) is 2.55. The van der Waals surface area contributed by atoms with Crippen molar-refractivity contribution in [2.24, 2.45) is 0 Å². The van der Waals surface area contributed by atoms with Gasteiger partial charge >= 0.3 is 0 Å². The molecule has 0 saturated carbocycles. The highest BCUT2D eigenvalue weighted by molar-refractivity contribution is 6.12. The number of hydrogen-bond donors (Lipinski definition) is 0. The van der Waals surface area contributed by atoms with E-state index in [0.717, 1.165) is 38.7 Å². The third-order valence-corrected chi connectivity index (χ3v) is 3.93. The van der Waals surface area contributed by atoms with E-state index in [1.165, 1.54) is 0 Å². The summed E-state index contributed by atoms with van der Waals surface area (Å²) in [4.78, 5) is 9.24. The normalized spacial score (nSPS) is 12.2. The number of ether oxygens (including phenoxy) is 1. The second-order valence-corrected chi connectivity index (χ2v) is 5.11. The van der Waals surface area contributed by atoms with Crippen molar-refractivity contribution >= 4 is 21.8 Å². The van der Waals surface area contributed by atoms with Crippen LogP contribution in [0.25, 0.3) is 32.9 Å². The Kier molecular flexibility index (Phi) is 1.95. The first-order valence-electron chi connectivity index (χ1n) is 6.86. The van der Waals surface area contributed by atoms with Gasteiger partial charge in [-0.25, -0.2) is 4.98 Å². The van der Waals surface area contributed by atoms with Crippen LogP contribution in [0.4, 0.5) is 0 Å². The van der Waals surface area contributed by atoms with Gasteiger partial charge in [0.1, 0.15) is 5.75 Å². The first-order chi connectivity index (χ1) is 10.4. The summed E-state index contributed by atoms with van der Waals surface area (Å²) < 4.78 is 6.01. The fraction of sp³-hybridized carbons (Fsp3) is 0. The van der Waals surface area contributed by atoms with E-state index in [2.05, 4.69) is 22.1 Å².